The van der Waals surface area contributed by atoms with Gasteiger partial charge in [-0.2, -0.15) is 5.10 Å². The molecule has 1 aromatic carbocycles. The molecule has 10 heteroatoms. The summed E-state index contributed by atoms with van der Waals surface area (Å²) in [6.45, 7) is 4.57. The van der Waals surface area contributed by atoms with Crippen molar-refractivity contribution >= 4 is 40.7 Å². The molecule has 2 aromatic heterocycles. The van der Waals surface area contributed by atoms with Crippen LogP contribution in [0.5, 0.6) is 5.75 Å². The van der Waals surface area contributed by atoms with Crippen molar-refractivity contribution in [3.8, 4) is 5.75 Å². The maximum atomic E-state index is 12.6. The molecule has 0 radical (unpaired) electrons. The number of rotatable bonds is 8. The molecule has 0 bridgehead atoms. The third-order valence-electron chi connectivity index (χ3n) is 4.22. The molecule has 0 atom stereocenters. The lowest BCUT2D eigenvalue weighted by Gasteiger charge is -2.10. The van der Waals surface area contributed by atoms with Crippen LogP contribution in [0.2, 0.25) is 10.0 Å². The zero-order valence-corrected chi connectivity index (χ0v) is 18.8. The van der Waals surface area contributed by atoms with E-state index in [2.05, 4.69) is 15.7 Å². The van der Waals surface area contributed by atoms with Crippen LogP contribution in [-0.2, 0) is 13.7 Å². The van der Waals surface area contributed by atoms with Crippen LogP contribution >= 0.6 is 23.2 Å². The van der Waals surface area contributed by atoms with Gasteiger partial charge in [0, 0.05) is 18.6 Å². The quantitative estimate of drug-likeness (QED) is 0.509. The number of nitrogens with one attached hydrogen (secondary N) is 2. The number of carbonyl (C=O) groups excluding carboxylic acids is 2. The Morgan fingerprint density at radius 1 is 1.19 bits per heavy atom. The summed E-state index contributed by atoms with van der Waals surface area (Å²) >= 11 is 11.9. The maximum Gasteiger partial charge on any atom is 0.291 e. The normalized spacial score (nSPS) is 10.9. The predicted octanol–water partition coefficient (Wildman–Crippen LogP) is 4.54. The summed E-state index contributed by atoms with van der Waals surface area (Å²) in [7, 11) is 1.63. The minimum absolute atomic E-state index is 0.0678. The topological polar surface area (TPSA) is 98.4 Å². The third kappa shape index (κ3) is 5.80. The predicted molar refractivity (Wildman–Crippen MR) is 118 cm³/mol. The highest BCUT2D eigenvalue weighted by atomic mass is 35.5. The van der Waals surface area contributed by atoms with E-state index in [0.717, 1.165) is 0 Å². The van der Waals surface area contributed by atoms with Crippen molar-refractivity contribution in [2.24, 2.45) is 13.0 Å². The van der Waals surface area contributed by atoms with Crippen LogP contribution in [0.1, 0.15) is 40.7 Å². The Morgan fingerprint density at radius 3 is 2.68 bits per heavy atom. The molecule has 0 aliphatic carbocycles. The Labute approximate surface area is 189 Å². The van der Waals surface area contributed by atoms with Gasteiger partial charge in [0.25, 0.3) is 11.8 Å². The lowest BCUT2D eigenvalue weighted by molar-refractivity contribution is 0.0940. The number of hydrogen-bond acceptors (Lipinski definition) is 5. The first kappa shape index (κ1) is 22.7. The van der Waals surface area contributed by atoms with Crippen molar-refractivity contribution in [1.29, 1.82) is 0 Å². The van der Waals surface area contributed by atoms with Crippen molar-refractivity contribution in [3.63, 3.8) is 0 Å². The number of furan rings is 1. The summed E-state index contributed by atoms with van der Waals surface area (Å²) in [6, 6.07) is 8.02. The SMILES string of the molecule is CC(C)CNC(=O)c1c(NC(=O)c2ccc(COc3ccc(Cl)cc3Cl)o2)cnn1C. The molecule has 164 valence electrons. The number of anilines is 1. The maximum absolute atomic E-state index is 12.6. The van der Waals surface area contributed by atoms with Crippen LogP contribution < -0.4 is 15.4 Å². The van der Waals surface area contributed by atoms with Crippen LogP contribution in [0, 0.1) is 5.92 Å². The van der Waals surface area contributed by atoms with Gasteiger partial charge < -0.3 is 19.8 Å². The molecule has 0 spiro atoms. The standard InChI is InChI=1S/C21H22Cl2N4O4/c1-12(2)9-24-21(29)19-16(10-25-27(19)3)26-20(28)18-7-5-14(31-18)11-30-17-6-4-13(22)8-15(17)23/h4-8,10,12H,9,11H2,1-3H3,(H,24,29)(H,26,28). The minimum Gasteiger partial charge on any atom is -0.484 e. The van der Waals surface area contributed by atoms with Gasteiger partial charge in [0.2, 0.25) is 0 Å². The Balaban J connectivity index is 1.64. The van der Waals surface area contributed by atoms with Crippen molar-refractivity contribution in [3.05, 3.63) is 63.8 Å². The smallest absolute Gasteiger partial charge is 0.291 e. The van der Waals surface area contributed by atoms with Gasteiger partial charge in [-0.3, -0.25) is 14.3 Å². The molecular weight excluding hydrogens is 443 g/mol. The fourth-order valence-electron chi connectivity index (χ4n) is 2.68. The van der Waals surface area contributed by atoms with E-state index in [1.807, 2.05) is 13.8 Å². The summed E-state index contributed by atoms with van der Waals surface area (Å²) in [5, 5.41) is 10.4. The second-order valence-corrected chi connectivity index (χ2v) is 8.06. The number of amides is 2. The van der Waals surface area contributed by atoms with E-state index in [0.29, 0.717) is 34.0 Å². The Kier molecular flexibility index (Phi) is 7.25. The highest BCUT2D eigenvalue weighted by Crippen LogP contribution is 2.28. The van der Waals surface area contributed by atoms with Gasteiger partial charge in [0.1, 0.15) is 23.8 Å². The van der Waals surface area contributed by atoms with Crippen LogP contribution in [0.15, 0.2) is 40.9 Å². The number of aryl methyl sites for hydroxylation is 1. The van der Waals surface area contributed by atoms with Crippen LogP contribution in [0.3, 0.4) is 0 Å². The zero-order chi connectivity index (χ0) is 22.5. The monoisotopic (exact) mass is 464 g/mol. The summed E-state index contributed by atoms with van der Waals surface area (Å²) in [5.41, 5.74) is 0.539. The van der Waals surface area contributed by atoms with E-state index in [1.54, 1.807) is 31.3 Å². The molecule has 2 heterocycles. The highest BCUT2D eigenvalue weighted by molar-refractivity contribution is 6.35. The lowest BCUT2D eigenvalue weighted by Crippen LogP contribution is -2.30. The van der Waals surface area contributed by atoms with Gasteiger partial charge in [-0.25, -0.2) is 0 Å². The second-order valence-electron chi connectivity index (χ2n) is 7.22. The van der Waals surface area contributed by atoms with Gasteiger partial charge in [-0.05, 0) is 36.2 Å². The molecule has 2 N–H and O–H groups in total. The molecule has 0 aliphatic rings. The molecule has 0 saturated heterocycles. The van der Waals surface area contributed by atoms with E-state index < -0.39 is 5.91 Å². The summed E-state index contributed by atoms with van der Waals surface area (Å²) in [5.74, 6) is 0.400. The number of halogens is 2. The number of hydrogen-bond donors (Lipinski definition) is 2. The molecule has 0 aliphatic heterocycles. The number of ether oxygens (including phenoxy) is 1. The summed E-state index contributed by atoms with van der Waals surface area (Å²) in [6.07, 6.45) is 1.41. The van der Waals surface area contributed by atoms with Gasteiger partial charge in [0.05, 0.1) is 16.9 Å². The van der Waals surface area contributed by atoms with Crippen molar-refractivity contribution < 1.29 is 18.7 Å². The average Bonchev–Trinajstić information content (AvgIpc) is 3.32. The number of benzene rings is 1. The Hall–Kier alpha value is -2.97. The first-order valence-corrected chi connectivity index (χ1v) is 10.3. The summed E-state index contributed by atoms with van der Waals surface area (Å²) in [4.78, 5) is 25.1. The van der Waals surface area contributed by atoms with E-state index >= 15 is 0 Å². The number of nitrogens with zero attached hydrogens (tertiary/aromatic N) is 2. The van der Waals surface area contributed by atoms with Crippen LogP contribution in [0.4, 0.5) is 5.69 Å². The fraction of sp³-hybridized carbons (Fsp3) is 0.286. The van der Waals surface area contributed by atoms with Crippen molar-refractivity contribution in [2.75, 3.05) is 11.9 Å². The molecule has 0 saturated carbocycles. The Bertz CT molecular complexity index is 1090. The molecule has 0 unspecified atom stereocenters. The largest absolute Gasteiger partial charge is 0.484 e. The van der Waals surface area contributed by atoms with E-state index in [9.17, 15) is 9.59 Å². The summed E-state index contributed by atoms with van der Waals surface area (Å²) < 4.78 is 12.6. The molecule has 8 nitrogen and oxygen atoms in total. The van der Waals surface area contributed by atoms with Crippen LogP contribution in [-0.4, -0.2) is 28.1 Å². The first-order valence-electron chi connectivity index (χ1n) is 9.52. The van der Waals surface area contributed by atoms with E-state index in [4.69, 9.17) is 32.4 Å². The lowest BCUT2D eigenvalue weighted by atomic mass is 10.2. The third-order valence-corrected chi connectivity index (χ3v) is 4.75. The molecule has 2 amide bonds. The fourth-order valence-corrected chi connectivity index (χ4v) is 3.14. The number of carbonyl (C=O) groups is 2. The number of aromatic nitrogens is 2. The zero-order valence-electron chi connectivity index (χ0n) is 17.2. The molecule has 3 rings (SSSR count). The van der Waals surface area contributed by atoms with Gasteiger partial charge in [-0.1, -0.05) is 37.0 Å². The van der Waals surface area contributed by atoms with Gasteiger partial charge in [-0.15, -0.1) is 0 Å². The first-order chi connectivity index (χ1) is 14.7. The molecule has 3 aromatic rings. The van der Waals surface area contributed by atoms with E-state index in [1.165, 1.54) is 16.9 Å². The Morgan fingerprint density at radius 2 is 1.97 bits per heavy atom. The van der Waals surface area contributed by atoms with Crippen molar-refractivity contribution in [1.82, 2.24) is 15.1 Å². The van der Waals surface area contributed by atoms with Crippen LogP contribution in [0.25, 0.3) is 0 Å². The highest BCUT2D eigenvalue weighted by Gasteiger charge is 2.21. The van der Waals surface area contributed by atoms with E-state index in [-0.39, 0.29) is 29.7 Å². The van der Waals surface area contributed by atoms with Gasteiger partial charge >= 0.3 is 0 Å². The average molecular weight is 465 g/mol. The molecular formula is C21H22Cl2N4O4. The molecule has 0 fully saturated rings. The molecule has 31 heavy (non-hydrogen) atoms. The van der Waals surface area contributed by atoms with Crippen molar-refractivity contribution in [2.45, 2.75) is 20.5 Å². The van der Waals surface area contributed by atoms with Gasteiger partial charge in [0.15, 0.2) is 5.76 Å². The minimum atomic E-state index is -0.512. The second kappa shape index (κ2) is 9.89.